The first-order valence-electron chi connectivity index (χ1n) is 6.50. The van der Waals surface area contributed by atoms with Crippen molar-refractivity contribution < 1.29 is 0 Å². The Morgan fingerprint density at radius 1 is 1.00 bits per heavy atom. The molecule has 20 heavy (non-hydrogen) atoms. The highest BCUT2D eigenvalue weighted by molar-refractivity contribution is 5.76. The van der Waals surface area contributed by atoms with E-state index in [9.17, 15) is 4.79 Å². The van der Waals surface area contributed by atoms with Gasteiger partial charge in [0.15, 0.2) is 0 Å². The second kappa shape index (κ2) is 5.17. The molecule has 0 unspecified atom stereocenters. The number of hydrogen-bond donors (Lipinski definition) is 0. The van der Waals surface area contributed by atoms with E-state index in [2.05, 4.69) is 5.10 Å². The van der Waals surface area contributed by atoms with E-state index in [1.165, 1.54) is 10.2 Å². The van der Waals surface area contributed by atoms with Crippen LogP contribution in [-0.4, -0.2) is 15.5 Å². The number of aromatic nitrogens is 2. The quantitative estimate of drug-likeness (QED) is 0.670. The molecule has 3 rings (SSSR count). The fourth-order valence-corrected chi connectivity index (χ4v) is 2.23. The van der Waals surface area contributed by atoms with E-state index in [4.69, 9.17) is 0 Å². The molecule has 1 heterocycles. The topological polar surface area (TPSA) is 39.3 Å². The maximum Gasteiger partial charge on any atom is 0.349 e. The van der Waals surface area contributed by atoms with Gasteiger partial charge in [-0.2, -0.15) is 9.78 Å². The van der Waals surface area contributed by atoms with Gasteiger partial charge < -0.3 is 0 Å². The molecule has 0 N–H and O–H groups in total. The first-order valence-corrected chi connectivity index (χ1v) is 6.50. The number of aryl methyl sites for hydroxylation is 1. The molecule has 0 radical (unpaired) electrons. The number of benzene rings is 2. The van der Waals surface area contributed by atoms with E-state index >= 15 is 0 Å². The van der Waals surface area contributed by atoms with Crippen LogP contribution in [0.3, 0.4) is 0 Å². The van der Waals surface area contributed by atoms with E-state index in [0.717, 1.165) is 11.0 Å². The summed E-state index contributed by atoms with van der Waals surface area (Å²) in [4.78, 5) is 12.1. The summed E-state index contributed by atoms with van der Waals surface area (Å²) >= 11 is 0. The van der Waals surface area contributed by atoms with Crippen molar-refractivity contribution in [2.24, 2.45) is 12.1 Å². The molecule has 0 bridgehead atoms. The van der Waals surface area contributed by atoms with Crippen molar-refractivity contribution in [3.8, 4) is 0 Å². The molecule has 4 nitrogen and oxygen atoms in total. The molecule has 0 saturated heterocycles. The highest BCUT2D eigenvalue weighted by Gasteiger charge is 2.07. The molecule has 100 valence electrons. The molecule has 1 aromatic heterocycles. The zero-order valence-corrected chi connectivity index (χ0v) is 11.2. The average Bonchev–Trinajstić information content (AvgIpc) is 2.74. The normalized spacial score (nSPS) is 11.4. The van der Waals surface area contributed by atoms with Gasteiger partial charge in [-0.3, -0.25) is 4.57 Å². The van der Waals surface area contributed by atoms with Crippen LogP contribution in [0.1, 0.15) is 5.56 Å². The Bertz CT molecular complexity index is 813. The summed E-state index contributed by atoms with van der Waals surface area (Å²) in [6.07, 6.45) is 2.47. The number of hydrogen-bond acceptors (Lipinski definition) is 2. The van der Waals surface area contributed by atoms with Gasteiger partial charge in [-0.1, -0.05) is 42.5 Å². The summed E-state index contributed by atoms with van der Waals surface area (Å²) in [5, 5.41) is 4.31. The third kappa shape index (κ3) is 2.16. The number of imidazole rings is 1. The van der Waals surface area contributed by atoms with Crippen LogP contribution in [0, 0.1) is 0 Å². The van der Waals surface area contributed by atoms with Gasteiger partial charge in [0.1, 0.15) is 0 Å². The lowest BCUT2D eigenvalue weighted by Crippen LogP contribution is -2.19. The molecule has 0 aliphatic rings. The summed E-state index contributed by atoms with van der Waals surface area (Å²) < 4.78 is 3.05. The molecule has 0 aliphatic heterocycles. The zero-order valence-electron chi connectivity index (χ0n) is 11.2. The first kappa shape index (κ1) is 12.4. The molecule has 0 atom stereocenters. The minimum atomic E-state index is -0.129. The van der Waals surface area contributed by atoms with Crippen molar-refractivity contribution in [2.45, 2.75) is 6.42 Å². The monoisotopic (exact) mass is 265 g/mol. The lowest BCUT2D eigenvalue weighted by atomic mass is 10.2. The molecule has 0 aliphatic carbocycles. The average molecular weight is 265 g/mol. The van der Waals surface area contributed by atoms with Crippen LogP contribution in [0.2, 0.25) is 0 Å². The second-order valence-electron chi connectivity index (χ2n) is 4.63. The van der Waals surface area contributed by atoms with Gasteiger partial charge in [-0.15, -0.1) is 0 Å². The van der Waals surface area contributed by atoms with Crippen LogP contribution >= 0.6 is 0 Å². The van der Waals surface area contributed by atoms with Gasteiger partial charge in [0, 0.05) is 19.7 Å². The molecule has 0 saturated carbocycles. The minimum Gasteiger partial charge on any atom is -0.293 e. The molecule has 3 aromatic rings. The highest BCUT2D eigenvalue weighted by Crippen LogP contribution is 2.10. The number of nitrogens with zero attached hydrogens (tertiary/aromatic N) is 3. The van der Waals surface area contributed by atoms with Gasteiger partial charge in [0.2, 0.25) is 0 Å². The second-order valence-corrected chi connectivity index (χ2v) is 4.63. The molecule has 0 spiro atoms. The fraction of sp³-hybridized carbons (Fsp3) is 0.125. The van der Waals surface area contributed by atoms with Crippen LogP contribution in [-0.2, 0) is 13.5 Å². The van der Waals surface area contributed by atoms with Crippen molar-refractivity contribution in [1.82, 2.24) is 9.24 Å². The predicted octanol–water partition coefficient (Wildman–Crippen LogP) is 2.42. The van der Waals surface area contributed by atoms with Crippen molar-refractivity contribution in [3.63, 3.8) is 0 Å². The van der Waals surface area contributed by atoms with Gasteiger partial charge in [0.25, 0.3) is 0 Å². The van der Waals surface area contributed by atoms with Gasteiger partial charge in [-0.05, 0) is 17.7 Å². The molecule has 4 heteroatoms. The van der Waals surface area contributed by atoms with Gasteiger partial charge in [0.05, 0.1) is 11.0 Å². The first-order chi connectivity index (χ1) is 9.77. The molecule has 0 amide bonds. The number of para-hydroxylation sites is 2. The Labute approximate surface area is 116 Å². The summed E-state index contributed by atoms with van der Waals surface area (Å²) in [6.45, 7) is 0. The fourth-order valence-electron chi connectivity index (χ4n) is 2.23. The molecular formula is C16H15N3O. The summed E-state index contributed by atoms with van der Waals surface area (Å²) in [7, 11) is 1.76. The van der Waals surface area contributed by atoms with Crippen LogP contribution in [0.15, 0.2) is 64.5 Å². The van der Waals surface area contributed by atoms with Crippen LogP contribution < -0.4 is 5.69 Å². The van der Waals surface area contributed by atoms with Crippen molar-refractivity contribution in [3.05, 3.63) is 70.6 Å². The Morgan fingerprint density at radius 2 is 1.65 bits per heavy atom. The van der Waals surface area contributed by atoms with Crippen LogP contribution in [0.5, 0.6) is 0 Å². The Morgan fingerprint density at radius 3 is 2.40 bits per heavy atom. The van der Waals surface area contributed by atoms with Crippen LogP contribution in [0.4, 0.5) is 0 Å². The molecular weight excluding hydrogens is 250 g/mol. The highest BCUT2D eigenvalue weighted by atomic mass is 16.2. The van der Waals surface area contributed by atoms with Crippen molar-refractivity contribution in [1.29, 1.82) is 0 Å². The number of fused-ring (bicyclic) bond motifs is 1. The van der Waals surface area contributed by atoms with Crippen LogP contribution in [0.25, 0.3) is 11.0 Å². The maximum atomic E-state index is 12.1. The largest absolute Gasteiger partial charge is 0.349 e. The standard InChI is InChI=1S/C16H15N3O/c1-18-14-9-5-6-10-15(14)19(16(18)20)17-12-11-13-7-3-2-4-8-13/h2-10,12H,11H2,1H3. The van der Waals surface area contributed by atoms with E-state index in [1.54, 1.807) is 17.8 Å². The van der Waals surface area contributed by atoms with Gasteiger partial charge in [-0.25, -0.2) is 4.79 Å². The molecule has 2 aromatic carbocycles. The minimum absolute atomic E-state index is 0.129. The lowest BCUT2D eigenvalue weighted by Gasteiger charge is -1.95. The Kier molecular flexibility index (Phi) is 3.21. The third-order valence-electron chi connectivity index (χ3n) is 3.31. The third-order valence-corrected chi connectivity index (χ3v) is 3.31. The Hall–Kier alpha value is -2.62. The summed E-state index contributed by atoms with van der Waals surface area (Å²) in [5.74, 6) is 0. The zero-order chi connectivity index (χ0) is 13.9. The number of rotatable bonds is 3. The predicted molar refractivity (Wildman–Crippen MR) is 81.2 cm³/mol. The van der Waals surface area contributed by atoms with E-state index in [-0.39, 0.29) is 5.69 Å². The van der Waals surface area contributed by atoms with Gasteiger partial charge >= 0.3 is 5.69 Å². The SMILES string of the molecule is Cn1c(=O)n(N=CCc2ccccc2)c2ccccc21. The van der Waals surface area contributed by atoms with E-state index in [1.807, 2.05) is 54.6 Å². The lowest BCUT2D eigenvalue weighted by molar-refractivity contribution is 0.779. The van der Waals surface area contributed by atoms with Crippen molar-refractivity contribution in [2.75, 3.05) is 0 Å². The Balaban J connectivity index is 1.95. The van der Waals surface area contributed by atoms with Crippen molar-refractivity contribution >= 4 is 17.2 Å². The van der Waals surface area contributed by atoms with E-state index < -0.39 is 0 Å². The summed E-state index contributed by atoms with van der Waals surface area (Å²) in [5.41, 5.74) is 2.75. The maximum absolute atomic E-state index is 12.1. The van der Waals surface area contributed by atoms with E-state index in [0.29, 0.717) is 6.42 Å². The smallest absolute Gasteiger partial charge is 0.293 e. The summed E-state index contributed by atoms with van der Waals surface area (Å²) in [6, 6.07) is 17.7. The molecule has 0 fully saturated rings.